The monoisotopic (exact) mass is 298 g/mol. The zero-order valence-corrected chi connectivity index (χ0v) is 12.6. The molecule has 2 rings (SSSR count). The number of thioether (sulfide) groups is 1. The van der Waals surface area contributed by atoms with Crippen LogP contribution >= 0.6 is 23.4 Å². The maximum atomic E-state index is 12.2. The van der Waals surface area contributed by atoms with Gasteiger partial charge in [-0.2, -0.15) is 0 Å². The number of nitrogens with one attached hydrogen (secondary N) is 2. The largest absolute Gasteiger partial charge is 0.352 e. The average Bonchev–Trinajstić information content (AvgIpc) is 2.46. The van der Waals surface area contributed by atoms with Crippen molar-refractivity contribution in [3.63, 3.8) is 0 Å². The summed E-state index contributed by atoms with van der Waals surface area (Å²) in [5.74, 6) is 0.451. The zero-order valence-electron chi connectivity index (χ0n) is 11.0. The summed E-state index contributed by atoms with van der Waals surface area (Å²) in [6, 6.07) is 5.56. The van der Waals surface area contributed by atoms with Crippen molar-refractivity contribution >= 4 is 29.3 Å². The van der Waals surface area contributed by atoms with Crippen molar-refractivity contribution in [1.82, 2.24) is 10.6 Å². The molecular weight excluding hydrogens is 280 g/mol. The van der Waals surface area contributed by atoms with Crippen LogP contribution in [0, 0.1) is 5.92 Å². The maximum absolute atomic E-state index is 12.2. The highest BCUT2D eigenvalue weighted by atomic mass is 35.5. The van der Waals surface area contributed by atoms with Crippen molar-refractivity contribution in [3.05, 3.63) is 28.8 Å². The molecule has 3 nitrogen and oxygen atoms in total. The molecule has 1 saturated heterocycles. The first-order valence-corrected chi connectivity index (χ1v) is 8.13. The van der Waals surface area contributed by atoms with Crippen LogP contribution in [0.5, 0.6) is 0 Å². The minimum Gasteiger partial charge on any atom is -0.352 e. The van der Waals surface area contributed by atoms with Gasteiger partial charge in [-0.15, -0.1) is 11.8 Å². The molecule has 5 heteroatoms. The van der Waals surface area contributed by atoms with E-state index in [0.29, 0.717) is 23.0 Å². The quantitative estimate of drug-likeness (QED) is 0.840. The molecule has 0 aliphatic carbocycles. The molecule has 2 N–H and O–H groups in total. The fourth-order valence-electron chi connectivity index (χ4n) is 2.24. The summed E-state index contributed by atoms with van der Waals surface area (Å²) in [4.78, 5) is 13.2. The van der Waals surface area contributed by atoms with E-state index in [-0.39, 0.29) is 5.91 Å². The number of hydrogen-bond donors (Lipinski definition) is 2. The van der Waals surface area contributed by atoms with Gasteiger partial charge in [-0.3, -0.25) is 4.79 Å². The van der Waals surface area contributed by atoms with Crippen LogP contribution in [0.1, 0.15) is 23.2 Å². The molecule has 1 amide bonds. The lowest BCUT2D eigenvalue weighted by molar-refractivity contribution is 0.0945. The lowest BCUT2D eigenvalue weighted by Gasteiger charge is -2.23. The van der Waals surface area contributed by atoms with Crippen LogP contribution in [0.4, 0.5) is 0 Å². The van der Waals surface area contributed by atoms with Gasteiger partial charge in [0.1, 0.15) is 0 Å². The molecular formula is C14H19ClN2OS. The van der Waals surface area contributed by atoms with E-state index in [9.17, 15) is 4.79 Å². The third-order valence-corrected chi connectivity index (χ3v) is 4.42. The highest BCUT2D eigenvalue weighted by Crippen LogP contribution is 2.23. The average molecular weight is 299 g/mol. The predicted octanol–water partition coefficient (Wildman–Crippen LogP) is 2.79. The number of hydrogen-bond acceptors (Lipinski definition) is 3. The highest BCUT2D eigenvalue weighted by molar-refractivity contribution is 7.98. The van der Waals surface area contributed by atoms with Crippen LogP contribution in [-0.2, 0) is 0 Å². The Morgan fingerprint density at radius 2 is 2.42 bits per heavy atom. The summed E-state index contributed by atoms with van der Waals surface area (Å²) in [6.45, 7) is 2.79. The molecule has 1 aliphatic heterocycles. The van der Waals surface area contributed by atoms with Crippen molar-refractivity contribution in [1.29, 1.82) is 0 Å². The van der Waals surface area contributed by atoms with Crippen molar-refractivity contribution in [3.8, 4) is 0 Å². The molecule has 1 heterocycles. The van der Waals surface area contributed by atoms with E-state index in [2.05, 4.69) is 10.6 Å². The number of benzene rings is 1. The molecule has 0 bridgehead atoms. The van der Waals surface area contributed by atoms with Gasteiger partial charge in [-0.1, -0.05) is 11.6 Å². The van der Waals surface area contributed by atoms with Gasteiger partial charge in [0.05, 0.1) is 10.6 Å². The second-order valence-corrected chi connectivity index (χ2v) is 6.06. The molecule has 104 valence electrons. The number of carbonyl (C=O) groups excluding carboxylic acids is 1. The van der Waals surface area contributed by atoms with Crippen molar-refractivity contribution in [2.45, 2.75) is 17.7 Å². The van der Waals surface area contributed by atoms with Crippen molar-refractivity contribution in [2.24, 2.45) is 5.92 Å². The third-order valence-electron chi connectivity index (χ3n) is 3.37. The van der Waals surface area contributed by atoms with E-state index in [4.69, 9.17) is 11.6 Å². The fourth-order valence-corrected chi connectivity index (χ4v) is 2.88. The Bertz CT molecular complexity index is 447. The van der Waals surface area contributed by atoms with E-state index >= 15 is 0 Å². The summed E-state index contributed by atoms with van der Waals surface area (Å²) in [5, 5.41) is 6.85. The first kappa shape index (κ1) is 14.7. The molecule has 19 heavy (non-hydrogen) atoms. The van der Waals surface area contributed by atoms with Gasteiger partial charge in [0, 0.05) is 11.4 Å². The molecule has 1 unspecified atom stereocenters. The second kappa shape index (κ2) is 7.17. The predicted molar refractivity (Wildman–Crippen MR) is 81.2 cm³/mol. The van der Waals surface area contributed by atoms with Crippen LogP contribution in [0.2, 0.25) is 5.02 Å². The van der Waals surface area contributed by atoms with E-state index < -0.39 is 0 Å². The number of rotatable bonds is 4. The first-order chi connectivity index (χ1) is 9.20. The van der Waals surface area contributed by atoms with Crippen LogP contribution in [0.3, 0.4) is 0 Å². The highest BCUT2D eigenvalue weighted by Gasteiger charge is 2.16. The fraction of sp³-hybridized carbons (Fsp3) is 0.500. The van der Waals surface area contributed by atoms with Gasteiger partial charge in [0.15, 0.2) is 0 Å². The number of halogens is 1. The lowest BCUT2D eigenvalue weighted by Crippen LogP contribution is -2.38. The first-order valence-electron chi connectivity index (χ1n) is 6.53. The molecule has 0 radical (unpaired) electrons. The van der Waals surface area contributed by atoms with E-state index in [0.717, 1.165) is 18.0 Å². The summed E-state index contributed by atoms with van der Waals surface area (Å²) in [6.07, 6.45) is 4.34. The summed E-state index contributed by atoms with van der Waals surface area (Å²) in [7, 11) is 0. The van der Waals surface area contributed by atoms with E-state index in [1.807, 2.05) is 18.4 Å². The standard InChI is InChI=1S/C14H19ClN2OS/c1-19-11-4-5-13(15)12(7-11)14(18)17-9-10-3-2-6-16-8-10/h4-5,7,10,16H,2-3,6,8-9H2,1H3,(H,17,18). The SMILES string of the molecule is CSc1ccc(Cl)c(C(=O)NCC2CCCNC2)c1. The Kier molecular flexibility index (Phi) is 5.55. The van der Waals surface area contributed by atoms with Crippen LogP contribution in [-0.4, -0.2) is 31.8 Å². The number of carbonyl (C=O) groups is 1. The van der Waals surface area contributed by atoms with Crippen molar-refractivity contribution < 1.29 is 4.79 Å². The lowest BCUT2D eigenvalue weighted by atomic mass is 10.00. The molecule has 1 aromatic rings. The van der Waals surface area contributed by atoms with E-state index in [1.165, 1.54) is 12.8 Å². The summed E-state index contributed by atoms with van der Waals surface area (Å²) >= 11 is 7.69. The topological polar surface area (TPSA) is 41.1 Å². The number of amides is 1. The van der Waals surface area contributed by atoms with E-state index in [1.54, 1.807) is 17.8 Å². The van der Waals surface area contributed by atoms with Crippen molar-refractivity contribution in [2.75, 3.05) is 25.9 Å². The molecule has 1 atom stereocenters. The second-order valence-electron chi connectivity index (χ2n) is 4.77. The van der Waals surface area contributed by atoms with Gasteiger partial charge < -0.3 is 10.6 Å². The van der Waals surface area contributed by atoms with Gasteiger partial charge in [0.2, 0.25) is 0 Å². The molecule has 1 aliphatic rings. The minimum atomic E-state index is -0.0773. The molecule has 0 saturated carbocycles. The summed E-state index contributed by atoms with van der Waals surface area (Å²) < 4.78 is 0. The Labute approximate surface area is 123 Å². The Hall–Kier alpha value is -0.710. The minimum absolute atomic E-state index is 0.0773. The molecule has 1 fully saturated rings. The Morgan fingerprint density at radius 3 is 3.11 bits per heavy atom. The van der Waals surface area contributed by atoms with Crippen LogP contribution in [0.25, 0.3) is 0 Å². The third kappa shape index (κ3) is 4.13. The molecule has 0 spiro atoms. The zero-order chi connectivity index (χ0) is 13.7. The Morgan fingerprint density at radius 1 is 1.58 bits per heavy atom. The van der Waals surface area contributed by atoms with Crippen LogP contribution in [0.15, 0.2) is 23.1 Å². The number of piperidine rings is 1. The summed E-state index contributed by atoms with van der Waals surface area (Å²) in [5.41, 5.74) is 0.567. The molecule has 0 aromatic heterocycles. The van der Waals surface area contributed by atoms with Gasteiger partial charge in [0.25, 0.3) is 5.91 Å². The normalized spacial score (nSPS) is 19.2. The molecule has 1 aromatic carbocycles. The van der Waals surface area contributed by atoms with Gasteiger partial charge in [-0.05, 0) is 56.3 Å². The van der Waals surface area contributed by atoms with Crippen LogP contribution < -0.4 is 10.6 Å². The maximum Gasteiger partial charge on any atom is 0.252 e. The Balaban J connectivity index is 1.95. The van der Waals surface area contributed by atoms with Gasteiger partial charge >= 0.3 is 0 Å². The van der Waals surface area contributed by atoms with Gasteiger partial charge in [-0.25, -0.2) is 0 Å². The smallest absolute Gasteiger partial charge is 0.252 e.